The predicted octanol–water partition coefficient (Wildman–Crippen LogP) is 2.24. The summed E-state index contributed by atoms with van der Waals surface area (Å²) in [4.78, 5) is 14.7. The topological polar surface area (TPSA) is 78.9 Å². The van der Waals surface area contributed by atoms with Gasteiger partial charge in [0.25, 0.3) is 0 Å². The van der Waals surface area contributed by atoms with Crippen LogP contribution in [0.3, 0.4) is 0 Å². The van der Waals surface area contributed by atoms with Crippen molar-refractivity contribution in [3.8, 4) is 0 Å². The number of aryl methyl sites for hydroxylation is 1. The number of rotatable bonds is 4. The minimum absolute atomic E-state index is 0.0602. The lowest BCUT2D eigenvalue weighted by Crippen LogP contribution is -1.98. The Morgan fingerprint density at radius 1 is 1.56 bits per heavy atom. The maximum atomic E-state index is 13.6. The first-order valence-corrected chi connectivity index (χ1v) is 6.08. The molecular weight excluding hydrogens is 257 g/mol. The van der Waals surface area contributed by atoms with Gasteiger partial charge in [-0.3, -0.25) is 5.10 Å². The Kier molecular flexibility index (Phi) is 3.61. The van der Waals surface area contributed by atoms with Gasteiger partial charge in [-0.2, -0.15) is 0 Å². The van der Waals surface area contributed by atoms with Crippen LogP contribution in [-0.2, 0) is 5.75 Å². The summed E-state index contributed by atoms with van der Waals surface area (Å²) in [6.07, 6.45) is 0. The van der Waals surface area contributed by atoms with E-state index in [1.165, 1.54) is 23.9 Å². The van der Waals surface area contributed by atoms with Gasteiger partial charge in [-0.25, -0.2) is 14.2 Å². The molecule has 1 aromatic carbocycles. The van der Waals surface area contributed by atoms with Crippen LogP contribution >= 0.6 is 11.8 Å². The Morgan fingerprint density at radius 3 is 2.89 bits per heavy atom. The minimum Gasteiger partial charge on any atom is -0.478 e. The fourth-order valence-corrected chi connectivity index (χ4v) is 2.16. The molecule has 0 unspecified atom stereocenters. The lowest BCUT2D eigenvalue weighted by Gasteiger charge is -2.02. The summed E-state index contributed by atoms with van der Waals surface area (Å²) in [6, 6.07) is 3.86. The molecule has 0 bridgehead atoms. The van der Waals surface area contributed by atoms with Crippen LogP contribution in [0, 0.1) is 12.7 Å². The molecule has 1 heterocycles. The second-order valence-corrected chi connectivity index (χ2v) is 4.55. The van der Waals surface area contributed by atoms with Gasteiger partial charge in [0, 0.05) is 5.75 Å². The zero-order valence-corrected chi connectivity index (χ0v) is 10.3. The number of aromatic carboxylic acids is 1. The normalized spacial score (nSPS) is 10.6. The summed E-state index contributed by atoms with van der Waals surface area (Å²) in [5.74, 6) is -0.630. The summed E-state index contributed by atoms with van der Waals surface area (Å²) in [6.45, 7) is 1.78. The van der Waals surface area contributed by atoms with Crippen molar-refractivity contribution in [1.82, 2.24) is 15.2 Å². The Balaban J connectivity index is 2.08. The van der Waals surface area contributed by atoms with E-state index in [0.717, 1.165) is 6.07 Å². The molecule has 5 nitrogen and oxygen atoms in total. The van der Waals surface area contributed by atoms with Crippen molar-refractivity contribution in [2.24, 2.45) is 0 Å². The first-order chi connectivity index (χ1) is 8.56. The third-order valence-electron chi connectivity index (χ3n) is 2.23. The summed E-state index contributed by atoms with van der Waals surface area (Å²) >= 11 is 1.28. The molecule has 2 aromatic rings. The second-order valence-electron chi connectivity index (χ2n) is 3.60. The molecule has 2 rings (SSSR count). The van der Waals surface area contributed by atoms with E-state index < -0.39 is 11.8 Å². The summed E-state index contributed by atoms with van der Waals surface area (Å²) < 4.78 is 13.6. The van der Waals surface area contributed by atoms with Crippen LogP contribution in [0.5, 0.6) is 0 Å². The Hall–Kier alpha value is -1.89. The molecule has 7 heteroatoms. The number of carboxylic acids is 1. The van der Waals surface area contributed by atoms with Gasteiger partial charge in [-0.05, 0) is 24.6 Å². The van der Waals surface area contributed by atoms with Crippen LogP contribution in [0.1, 0.15) is 21.7 Å². The molecular formula is C11H10FN3O2S. The Bertz CT molecular complexity index is 585. The monoisotopic (exact) mass is 267 g/mol. The quantitative estimate of drug-likeness (QED) is 0.830. The molecule has 0 fully saturated rings. The lowest BCUT2D eigenvalue weighted by atomic mass is 10.1. The minimum atomic E-state index is -1.14. The summed E-state index contributed by atoms with van der Waals surface area (Å²) in [5.41, 5.74) is 0.363. The predicted molar refractivity (Wildman–Crippen MR) is 64.0 cm³/mol. The number of nitrogens with one attached hydrogen (secondary N) is 1. The fourth-order valence-electron chi connectivity index (χ4n) is 1.33. The number of benzene rings is 1. The highest BCUT2D eigenvalue weighted by atomic mass is 32.2. The smallest absolute Gasteiger partial charge is 0.335 e. The number of carboxylic acid groups (broad SMARTS) is 1. The number of thioether (sulfide) groups is 1. The SMILES string of the molecule is Cc1nc(SCc2ccc(C(=O)O)cc2F)n[nH]1. The number of hydrogen-bond acceptors (Lipinski definition) is 4. The first kappa shape index (κ1) is 12.6. The average molecular weight is 267 g/mol. The number of hydrogen-bond donors (Lipinski definition) is 2. The molecule has 18 heavy (non-hydrogen) atoms. The van der Waals surface area contributed by atoms with E-state index in [1.807, 2.05) is 0 Å². The van der Waals surface area contributed by atoms with Crippen molar-refractivity contribution in [2.75, 3.05) is 0 Å². The molecule has 0 saturated heterocycles. The van der Waals surface area contributed by atoms with Crippen LogP contribution in [0.25, 0.3) is 0 Å². The lowest BCUT2D eigenvalue weighted by molar-refractivity contribution is 0.0696. The molecule has 0 aliphatic carbocycles. The van der Waals surface area contributed by atoms with Crippen LogP contribution < -0.4 is 0 Å². The van der Waals surface area contributed by atoms with Crippen molar-refractivity contribution in [2.45, 2.75) is 17.8 Å². The highest BCUT2D eigenvalue weighted by Gasteiger charge is 2.09. The molecule has 0 spiro atoms. The van der Waals surface area contributed by atoms with E-state index >= 15 is 0 Å². The maximum Gasteiger partial charge on any atom is 0.335 e. The van der Waals surface area contributed by atoms with Gasteiger partial charge in [0.2, 0.25) is 5.16 Å². The summed E-state index contributed by atoms with van der Waals surface area (Å²) in [7, 11) is 0. The number of aromatic amines is 1. The van der Waals surface area contributed by atoms with Gasteiger partial charge < -0.3 is 5.11 Å². The van der Waals surface area contributed by atoms with E-state index in [4.69, 9.17) is 5.11 Å². The zero-order valence-electron chi connectivity index (χ0n) is 9.48. The van der Waals surface area contributed by atoms with Crippen molar-refractivity contribution >= 4 is 17.7 Å². The van der Waals surface area contributed by atoms with E-state index in [9.17, 15) is 9.18 Å². The van der Waals surface area contributed by atoms with Gasteiger partial charge in [0.1, 0.15) is 11.6 Å². The highest BCUT2D eigenvalue weighted by Crippen LogP contribution is 2.21. The van der Waals surface area contributed by atoms with Crippen molar-refractivity contribution in [3.05, 3.63) is 41.0 Å². The zero-order chi connectivity index (χ0) is 13.1. The number of aromatic nitrogens is 3. The third-order valence-corrected chi connectivity index (χ3v) is 3.13. The highest BCUT2D eigenvalue weighted by molar-refractivity contribution is 7.98. The second kappa shape index (κ2) is 5.18. The van der Waals surface area contributed by atoms with Gasteiger partial charge in [0.15, 0.2) is 0 Å². The number of nitrogens with zero attached hydrogens (tertiary/aromatic N) is 2. The van der Waals surface area contributed by atoms with Crippen molar-refractivity contribution in [1.29, 1.82) is 0 Å². The first-order valence-electron chi connectivity index (χ1n) is 5.10. The number of carbonyl (C=O) groups is 1. The molecule has 0 amide bonds. The molecule has 0 aliphatic heterocycles. The fraction of sp³-hybridized carbons (Fsp3) is 0.182. The Morgan fingerprint density at radius 2 is 2.33 bits per heavy atom. The van der Waals surface area contributed by atoms with E-state index in [0.29, 0.717) is 22.3 Å². The van der Waals surface area contributed by atoms with Gasteiger partial charge in [0.05, 0.1) is 5.56 Å². The number of halogens is 1. The maximum absolute atomic E-state index is 13.6. The number of H-pyrrole nitrogens is 1. The van der Waals surface area contributed by atoms with Crippen LogP contribution in [0.4, 0.5) is 4.39 Å². The van der Waals surface area contributed by atoms with Gasteiger partial charge in [-0.1, -0.05) is 17.8 Å². The van der Waals surface area contributed by atoms with Crippen molar-refractivity contribution in [3.63, 3.8) is 0 Å². The molecule has 0 radical (unpaired) electrons. The van der Waals surface area contributed by atoms with E-state index in [1.54, 1.807) is 6.92 Å². The third kappa shape index (κ3) is 2.86. The largest absolute Gasteiger partial charge is 0.478 e. The Labute approximate surface area is 106 Å². The summed E-state index contributed by atoms with van der Waals surface area (Å²) in [5, 5.41) is 15.9. The van der Waals surface area contributed by atoms with Crippen LogP contribution in [0.15, 0.2) is 23.4 Å². The average Bonchev–Trinajstić information content (AvgIpc) is 2.73. The van der Waals surface area contributed by atoms with Crippen LogP contribution in [-0.4, -0.2) is 26.3 Å². The van der Waals surface area contributed by atoms with Crippen molar-refractivity contribution < 1.29 is 14.3 Å². The molecule has 94 valence electrons. The van der Waals surface area contributed by atoms with E-state index in [-0.39, 0.29) is 5.56 Å². The molecule has 1 aromatic heterocycles. The van der Waals surface area contributed by atoms with Crippen LogP contribution in [0.2, 0.25) is 0 Å². The molecule has 2 N–H and O–H groups in total. The van der Waals surface area contributed by atoms with E-state index in [2.05, 4.69) is 15.2 Å². The molecule has 0 saturated carbocycles. The van der Waals surface area contributed by atoms with Gasteiger partial charge in [-0.15, -0.1) is 5.10 Å². The van der Waals surface area contributed by atoms with Gasteiger partial charge >= 0.3 is 5.97 Å². The standard InChI is InChI=1S/C11H10FN3O2S/c1-6-13-11(15-14-6)18-5-8-3-2-7(10(16)17)4-9(8)12/h2-4H,5H2,1H3,(H,16,17)(H,13,14,15). The molecule has 0 aliphatic rings. The molecule has 0 atom stereocenters.